The van der Waals surface area contributed by atoms with Crippen molar-refractivity contribution in [3.63, 3.8) is 0 Å². The molecule has 0 saturated carbocycles. The Morgan fingerprint density at radius 3 is 2.48 bits per heavy atom. The largest absolute Gasteiger partial charge is 0.507 e. The average Bonchev–Trinajstić information content (AvgIpc) is 2.51. The van der Waals surface area contributed by atoms with Crippen LogP contribution in [0.2, 0.25) is 0 Å². The second-order valence-corrected chi connectivity index (χ2v) is 4.88. The van der Waals surface area contributed by atoms with Crippen LogP contribution in [0, 0.1) is 6.92 Å². The van der Waals surface area contributed by atoms with E-state index in [1.54, 1.807) is 14.2 Å². The van der Waals surface area contributed by atoms with Crippen molar-refractivity contribution in [2.45, 2.75) is 20.0 Å². The smallest absolute Gasteiger partial charge is 0.161 e. The third-order valence-corrected chi connectivity index (χ3v) is 3.41. The van der Waals surface area contributed by atoms with Crippen molar-refractivity contribution in [2.24, 2.45) is 0 Å². The van der Waals surface area contributed by atoms with E-state index in [-0.39, 0.29) is 0 Å². The van der Waals surface area contributed by atoms with Crippen LogP contribution in [0.1, 0.15) is 16.7 Å². The van der Waals surface area contributed by atoms with E-state index < -0.39 is 0 Å². The fraction of sp³-hybridized carbons (Fsp3) is 0.294. The van der Waals surface area contributed by atoms with Gasteiger partial charge in [0, 0.05) is 18.7 Å². The van der Waals surface area contributed by atoms with Gasteiger partial charge >= 0.3 is 0 Å². The normalized spacial score (nSPS) is 10.4. The van der Waals surface area contributed by atoms with E-state index in [1.807, 2.05) is 43.3 Å². The van der Waals surface area contributed by atoms with Crippen LogP contribution in [0.25, 0.3) is 0 Å². The number of aryl methyl sites for hydroxylation is 1. The van der Waals surface area contributed by atoms with Crippen LogP contribution in [0.4, 0.5) is 0 Å². The first kappa shape index (κ1) is 15.2. The second kappa shape index (κ2) is 6.99. The number of aromatic hydroxyl groups is 1. The van der Waals surface area contributed by atoms with Gasteiger partial charge in [0.25, 0.3) is 0 Å². The van der Waals surface area contributed by atoms with Crippen molar-refractivity contribution in [3.05, 3.63) is 53.1 Å². The molecule has 21 heavy (non-hydrogen) atoms. The number of nitrogens with one attached hydrogen (secondary N) is 1. The average molecular weight is 287 g/mol. The van der Waals surface area contributed by atoms with E-state index in [0.29, 0.717) is 18.8 Å². The van der Waals surface area contributed by atoms with Crippen molar-refractivity contribution < 1.29 is 14.6 Å². The molecule has 2 aromatic carbocycles. The number of hydrogen-bond donors (Lipinski definition) is 2. The SMILES string of the molecule is COc1ccc(CNCc2cccc(C)c2O)cc1OC. The van der Waals surface area contributed by atoms with Crippen LogP contribution < -0.4 is 14.8 Å². The highest BCUT2D eigenvalue weighted by Gasteiger charge is 2.06. The maximum Gasteiger partial charge on any atom is 0.161 e. The quantitative estimate of drug-likeness (QED) is 0.857. The lowest BCUT2D eigenvalue weighted by atomic mass is 10.1. The lowest BCUT2D eigenvalue weighted by Gasteiger charge is -2.11. The van der Waals surface area contributed by atoms with Crippen LogP contribution in [0.3, 0.4) is 0 Å². The van der Waals surface area contributed by atoms with Crippen molar-refractivity contribution in [2.75, 3.05) is 14.2 Å². The Hall–Kier alpha value is -2.20. The second-order valence-electron chi connectivity index (χ2n) is 4.88. The summed E-state index contributed by atoms with van der Waals surface area (Å²) in [4.78, 5) is 0. The van der Waals surface area contributed by atoms with E-state index >= 15 is 0 Å². The molecule has 4 nitrogen and oxygen atoms in total. The third kappa shape index (κ3) is 3.67. The van der Waals surface area contributed by atoms with Gasteiger partial charge in [0.2, 0.25) is 0 Å². The summed E-state index contributed by atoms with van der Waals surface area (Å²) in [5.41, 5.74) is 2.88. The number of rotatable bonds is 6. The Bertz CT molecular complexity index is 611. The predicted molar refractivity (Wildman–Crippen MR) is 82.9 cm³/mol. The predicted octanol–water partition coefficient (Wildman–Crippen LogP) is 3.01. The number of para-hydroxylation sites is 1. The molecule has 0 fully saturated rings. The van der Waals surface area contributed by atoms with Gasteiger partial charge in [-0.25, -0.2) is 0 Å². The van der Waals surface area contributed by atoms with E-state index in [0.717, 1.165) is 28.2 Å². The van der Waals surface area contributed by atoms with Crippen LogP contribution in [-0.2, 0) is 13.1 Å². The summed E-state index contributed by atoms with van der Waals surface area (Å²) in [6, 6.07) is 11.6. The highest BCUT2D eigenvalue weighted by atomic mass is 16.5. The van der Waals surface area contributed by atoms with Gasteiger partial charge in [-0.05, 0) is 30.2 Å². The van der Waals surface area contributed by atoms with Crippen LogP contribution in [0.15, 0.2) is 36.4 Å². The summed E-state index contributed by atoms with van der Waals surface area (Å²) in [6.07, 6.45) is 0. The van der Waals surface area contributed by atoms with Gasteiger partial charge in [-0.1, -0.05) is 24.3 Å². The molecule has 2 aromatic rings. The zero-order valence-electron chi connectivity index (χ0n) is 12.6. The summed E-state index contributed by atoms with van der Waals surface area (Å²) in [6.45, 7) is 3.20. The molecule has 0 aliphatic carbocycles. The third-order valence-electron chi connectivity index (χ3n) is 3.41. The van der Waals surface area contributed by atoms with E-state index in [9.17, 15) is 5.11 Å². The van der Waals surface area contributed by atoms with Crippen molar-refractivity contribution in [1.29, 1.82) is 0 Å². The molecule has 4 heteroatoms. The van der Waals surface area contributed by atoms with Crippen LogP contribution in [-0.4, -0.2) is 19.3 Å². The minimum absolute atomic E-state index is 0.359. The standard InChI is InChI=1S/C17H21NO3/c1-12-5-4-6-14(17(12)19)11-18-10-13-7-8-15(20-2)16(9-13)21-3/h4-9,18-19H,10-11H2,1-3H3. The fourth-order valence-electron chi connectivity index (χ4n) is 2.19. The summed E-state index contributed by atoms with van der Waals surface area (Å²) in [5, 5.41) is 13.3. The van der Waals surface area contributed by atoms with Gasteiger partial charge in [-0.2, -0.15) is 0 Å². The molecule has 0 heterocycles. The summed E-state index contributed by atoms with van der Waals surface area (Å²) >= 11 is 0. The summed E-state index contributed by atoms with van der Waals surface area (Å²) < 4.78 is 10.5. The van der Waals surface area contributed by atoms with E-state index in [4.69, 9.17) is 9.47 Å². The van der Waals surface area contributed by atoms with Gasteiger partial charge in [0.05, 0.1) is 14.2 Å². The Morgan fingerprint density at radius 1 is 1.00 bits per heavy atom. The summed E-state index contributed by atoms with van der Waals surface area (Å²) in [5.74, 6) is 1.80. The number of phenols is 1. The van der Waals surface area contributed by atoms with Gasteiger partial charge in [-0.15, -0.1) is 0 Å². The maximum atomic E-state index is 9.97. The Labute approximate surface area is 125 Å². The monoisotopic (exact) mass is 287 g/mol. The molecule has 0 aliphatic heterocycles. The molecule has 0 spiro atoms. The van der Waals surface area contributed by atoms with Gasteiger partial charge < -0.3 is 19.9 Å². The lowest BCUT2D eigenvalue weighted by molar-refractivity contribution is 0.354. The van der Waals surface area contributed by atoms with Gasteiger partial charge in [-0.3, -0.25) is 0 Å². The lowest BCUT2D eigenvalue weighted by Crippen LogP contribution is -2.13. The number of methoxy groups -OCH3 is 2. The fourth-order valence-corrected chi connectivity index (χ4v) is 2.19. The highest BCUT2D eigenvalue weighted by molar-refractivity contribution is 5.43. The van der Waals surface area contributed by atoms with Gasteiger partial charge in [0.1, 0.15) is 5.75 Å². The van der Waals surface area contributed by atoms with E-state index in [2.05, 4.69) is 5.32 Å². The zero-order valence-corrected chi connectivity index (χ0v) is 12.6. The van der Waals surface area contributed by atoms with Crippen molar-refractivity contribution in [3.8, 4) is 17.2 Å². The molecule has 0 aromatic heterocycles. The first-order valence-electron chi connectivity index (χ1n) is 6.84. The Morgan fingerprint density at radius 2 is 1.76 bits per heavy atom. The molecule has 2 N–H and O–H groups in total. The molecule has 112 valence electrons. The highest BCUT2D eigenvalue weighted by Crippen LogP contribution is 2.27. The topological polar surface area (TPSA) is 50.7 Å². The molecule has 0 radical (unpaired) electrons. The van der Waals surface area contributed by atoms with Crippen LogP contribution >= 0.6 is 0 Å². The minimum atomic E-state index is 0.359. The van der Waals surface area contributed by atoms with Gasteiger partial charge in [0.15, 0.2) is 11.5 Å². The first-order valence-corrected chi connectivity index (χ1v) is 6.84. The molecule has 0 unspecified atom stereocenters. The number of phenolic OH excluding ortho intramolecular Hbond substituents is 1. The molecular formula is C17H21NO3. The number of ether oxygens (including phenoxy) is 2. The number of hydrogen-bond acceptors (Lipinski definition) is 4. The van der Waals surface area contributed by atoms with Crippen LogP contribution in [0.5, 0.6) is 17.2 Å². The Kier molecular flexibility index (Phi) is 5.06. The van der Waals surface area contributed by atoms with Crippen molar-refractivity contribution >= 4 is 0 Å². The minimum Gasteiger partial charge on any atom is -0.507 e. The summed E-state index contributed by atoms with van der Waals surface area (Å²) in [7, 11) is 3.25. The molecule has 2 rings (SSSR count). The molecule has 0 atom stereocenters. The maximum absolute atomic E-state index is 9.97. The first-order chi connectivity index (χ1) is 10.2. The molecule has 0 saturated heterocycles. The van der Waals surface area contributed by atoms with Crippen molar-refractivity contribution in [1.82, 2.24) is 5.32 Å². The number of benzene rings is 2. The Balaban J connectivity index is 1.99. The van der Waals surface area contributed by atoms with E-state index in [1.165, 1.54) is 0 Å². The zero-order chi connectivity index (χ0) is 15.2. The molecule has 0 aliphatic rings. The molecular weight excluding hydrogens is 266 g/mol. The molecule has 0 amide bonds. The molecule has 0 bridgehead atoms.